The number of carbonyl (C=O) groups excluding carboxylic acids is 1. The molecule has 0 bridgehead atoms. The molecular weight excluding hydrogens is 306 g/mol. The summed E-state index contributed by atoms with van der Waals surface area (Å²) in [5.41, 5.74) is 4.22. The number of benzene rings is 1. The quantitative estimate of drug-likeness (QED) is 0.884. The molecule has 2 aromatic rings. The van der Waals surface area contributed by atoms with Crippen LogP contribution in [0.1, 0.15) is 41.4 Å². The number of rotatable bonds is 5. The van der Waals surface area contributed by atoms with E-state index in [-0.39, 0.29) is 11.9 Å². The summed E-state index contributed by atoms with van der Waals surface area (Å²) in [6.45, 7) is 5.57. The minimum atomic E-state index is -0.996. The van der Waals surface area contributed by atoms with E-state index in [2.05, 4.69) is 16.3 Å². The van der Waals surface area contributed by atoms with Crippen LogP contribution in [-0.2, 0) is 4.79 Å². The zero-order chi connectivity index (χ0) is 17.4. The number of nitrogens with one attached hydrogen (secondary N) is 1. The summed E-state index contributed by atoms with van der Waals surface area (Å²) < 4.78 is 0. The van der Waals surface area contributed by atoms with Crippen LogP contribution in [-0.4, -0.2) is 44.2 Å². The van der Waals surface area contributed by atoms with Gasteiger partial charge < -0.3 is 10.0 Å². The van der Waals surface area contributed by atoms with Gasteiger partial charge in [0.15, 0.2) is 0 Å². The maximum absolute atomic E-state index is 12.7. The third kappa shape index (κ3) is 3.04. The minimum absolute atomic E-state index is 0.0106. The second-order valence-corrected chi connectivity index (χ2v) is 6.44. The van der Waals surface area contributed by atoms with Crippen LogP contribution in [0.2, 0.25) is 0 Å². The number of carboxylic acid groups (broad SMARTS) is 1. The van der Waals surface area contributed by atoms with Gasteiger partial charge in [-0.3, -0.25) is 9.89 Å². The van der Waals surface area contributed by atoms with Crippen LogP contribution in [0.3, 0.4) is 0 Å². The molecule has 3 rings (SSSR count). The Labute approximate surface area is 140 Å². The molecule has 6 nitrogen and oxygen atoms in total. The highest BCUT2D eigenvalue weighted by atomic mass is 16.4. The molecule has 6 heteroatoms. The number of aliphatic carboxylic acids is 1. The first-order chi connectivity index (χ1) is 11.4. The van der Waals surface area contributed by atoms with E-state index in [9.17, 15) is 14.7 Å². The molecule has 1 aromatic carbocycles. The number of carboxylic acids is 1. The first-order valence-corrected chi connectivity index (χ1v) is 8.07. The molecule has 0 spiro atoms. The summed E-state index contributed by atoms with van der Waals surface area (Å²) in [6, 6.07) is 6.91. The smallest absolute Gasteiger partial charge is 0.326 e. The van der Waals surface area contributed by atoms with Crippen molar-refractivity contribution < 1.29 is 14.7 Å². The molecular formula is C18H21N3O3. The fourth-order valence-electron chi connectivity index (χ4n) is 2.94. The van der Waals surface area contributed by atoms with Crippen LogP contribution < -0.4 is 0 Å². The molecule has 0 radical (unpaired) electrons. The Balaban J connectivity index is 1.89. The SMILES string of the molecule is Cc1ccc(-c2cc(C(=O)N(C3CC3)C(C)C(=O)O)[nH]n2)c(C)c1. The third-order valence-corrected chi connectivity index (χ3v) is 4.42. The number of hydrogen-bond acceptors (Lipinski definition) is 3. The number of aromatic nitrogens is 2. The number of aromatic amines is 1. The van der Waals surface area contributed by atoms with E-state index in [1.807, 2.05) is 26.0 Å². The summed E-state index contributed by atoms with van der Waals surface area (Å²) in [5.74, 6) is -1.31. The monoisotopic (exact) mass is 327 g/mol. The van der Waals surface area contributed by atoms with E-state index in [0.717, 1.165) is 24.0 Å². The zero-order valence-corrected chi connectivity index (χ0v) is 14.0. The number of carbonyl (C=O) groups is 2. The van der Waals surface area contributed by atoms with Gasteiger partial charge in [-0.2, -0.15) is 5.10 Å². The van der Waals surface area contributed by atoms with E-state index in [4.69, 9.17) is 0 Å². The highest BCUT2D eigenvalue weighted by molar-refractivity contribution is 5.96. The van der Waals surface area contributed by atoms with Gasteiger partial charge in [0, 0.05) is 11.6 Å². The van der Waals surface area contributed by atoms with E-state index < -0.39 is 12.0 Å². The first kappa shape index (κ1) is 16.2. The molecule has 0 saturated heterocycles. The Morgan fingerprint density at radius 2 is 2.00 bits per heavy atom. The van der Waals surface area contributed by atoms with E-state index in [1.165, 1.54) is 10.5 Å². The summed E-state index contributed by atoms with van der Waals surface area (Å²) in [7, 11) is 0. The van der Waals surface area contributed by atoms with Crippen LogP contribution in [0.4, 0.5) is 0 Å². The average molecular weight is 327 g/mol. The topological polar surface area (TPSA) is 86.3 Å². The third-order valence-electron chi connectivity index (χ3n) is 4.42. The first-order valence-electron chi connectivity index (χ1n) is 8.07. The lowest BCUT2D eigenvalue weighted by atomic mass is 10.0. The fourth-order valence-corrected chi connectivity index (χ4v) is 2.94. The van der Waals surface area contributed by atoms with Gasteiger partial charge in [0.2, 0.25) is 0 Å². The molecule has 1 aliphatic carbocycles. The Morgan fingerprint density at radius 1 is 1.29 bits per heavy atom. The van der Waals surface area contributed by atoms with Gasteiger partial charge in [-0.25, -0.2) is 4.79 Å². The number of aryl methyl sites for hydroxylation is 2. The summed E-state index contributed by atoms with van der Waals surface area (Å²) >= 11 is 0. The molecule has 1 aliphatic rings. The second-order valence-electron chi connectivity index (χ2n) is 6.44. The van der Waals surface area contributed by atoms with Crippen molar-refractivity contribution in [2.24, 2.45) is 0 Å². The fraction of sp³-hybridized carbons (Fsp3) is 0.389. The summed E-state index contributed by atoms with van der Waals surface area (Å²) in [4.78, 5) is 25.5. The number of nitrogens with zero attached hydrogens (tertiary/aromatic N) is 2. The van der Waals surface area contributed by atoms with Crippen LogP contribution >= 0.6 is 0 Å². The standard InChI is InChI=1S/C18H21N3O3/c1-10-4-7-14(11(2)8-10)15-9-16(20-19-15)17(22)21(13-5-6-13)12(3)18(23)24/h4,7-9,12-13H,5-6H2,1-3H3,(H,19,20)(H,23,24). The van der Waals surface area contributed by atoms with Crippen molar-refractivity contribution >= 4 is 11.9 Å². The molecule has 1 saturated carbocycles. The molecule has 1 amide bonds. The largest absolute Gasteiger partial charge is 0.480 e. The van der Waals surface area contributed by atoms with E-state index in [1.54, 1.807) is 13.0 Å². The lowest BCUT2D eigenvalue weighted by molar-refractivity contribution is -0.141. The Hall–Kier alpha value is -2.63. The molecule has 126 valence electrons. The van der Waals surface area contributed by atoms with Gasteiger partial charge >= 0.3 is 5.97 Å². The molecule has 1 aromatic heterocycles. The Morgan fingerprint density at radius 3 is 2.58 bits per heavy atom. The van der Waals surface area contributed by atoms with Gasteiger partial charge in [0.25, 0.3) is 5.91 Å². The number of amides is 1. The maximum Gasteiger partial charge on any atom is 0.326 e. The van der Waals surface area contributed by atoms with Gasteiger partial charge in [-0.1, -0.05) is 23.8 Å². The zero-order valence-electron chi connectivity index (χ0n) is 14.0. The molecule has 24 heavy (non-hydrogen) atoms. The molecule has 1 heterocycles. The summed E-state index contributed by atoms with van der Waals surface area (Å²) in [5, 5.41) is 16.3. The lowest BCUT2D eigenvalue weighted by Crippen LogP contribution is -2.44. The maximum atomic E-state index is 12.7. The van der Waals surface area contributed by atoms with Crippen molar-refractivity contribution in [2.75, 3.05) is 0 Å². The summed E-state index contributed by atoms with van der Waals surface area (Å²) in [6.07, 6.45) is 1.70. The lowest BCUT2D eigenvalue weighted by Gasteiger charge is -2.25. The van der Waals surface area contributed by atoms with E-state index in [0.29, 0.717) is 11.4 Å². The molecule has 0 aliphatic heterocycles. The Bertz CT molecular complexity index is 793. The van der Waals surface area contributed by atoms with Crippen molar-refractivity contribution in [1.29, 1.82) is 0 Å². The van der Waals surface area contributed by atoms with Gasteiger partial charge in [0.1, 0.15) is 11.7 Å². The van der Waals surface area contributed by atoms with Gasteiger partial charge in [-0.05, 0) is 45.2 Å². The predicted molar refractivity (Wildman–Crippen MR) is 89.8 cm³/mol. The highest BCUT2D eigenvalue weighted by Crippen LogP contribution is 2.31. The number of hydrogen-bond donors (Lipinski definition) is 2. The molecule has 1 fully saturated rings. The predicted octanol–water partition coefficient (Wildman–Crippen LogP) is 2.77. The van der Waals surface area contributed by atoms with Crippen LogP contribution in [0.25, 0.3) is 11.3 Å². The van der Waals surface area contributed by atoms with Crippen molar-refractivity contribution in [3.63, 3.8) is 0 Å². The second kappa shape index (κ2) is 6.11. The minimum Gasteiger partial charge on any atom is -0.480 e. The van der Waals surface area contributed by atoms with Crippen molar-refractivity contribution in [3.8, 4) is 11.3 Å². The van der Waals surface area contributed by atoms with Crippen molar-refractivity contribution in [3.05, 3.63) is 41.1 Å². The average Bonchev–Trinajstić information content (AvgIpc) is 3.23. The van der Waals surface area contributed by atoms with Crippen LogP contribution in [0, 0.1) is 13.8 Å². The van der Waals surface area contributed by atoms with Crippen LogP contribution in [0.5, 0.6) is 0 Å². The normalized spacial score (nSPS) is 15.1. The van der Waals surface area contributed by atoms with Crippen molar-refractivity contribution in [1.82, 2.24) is 15.1 Å². The molecule has 2 N–H and O–H groups in total. The molecule has 1 atom stereocenters. The highest BCUT2D eigenvalue weighted by Gasteiger charge is 2.39. The van der Waals surface area contributed by atoms with Gasteiger partial charge in [-0.15, -0.1) is 0 Å². The van der Waals surface area contributed by atoms with Crippen LogP contribution in [0.15, 0.2) is 24.3 Å². The van der Waals surface area contributed by atoms with Crippen molar-refractivity contribution in [2.45, 2.75) is 45.7 Å². The number of H-pyrrole nitrogens is 1. The Kier molecular flexibility index (Phi) is 4.13. The van der Waals surface area contributed by atoms with E-state index >= 15 is 0 Å². The molecule has 1 unspecified atom stereocenters. The van der Waals surface area contributed by atoms with Gasteiger partial charge in [0.05, 0.1) is 5.69 Å².